The minimum Gasteiger partial charge on any atom is -0.441 e. The van der Waals surface area contributed by atoms with Crippen LogP contribution in [-0.2, 0) is 6.42 Å². The molecule has 0 radical (unpaired) electrons. The van der Waals surface area contributed by atoms with Gasteiger partial charge >= 0.3 is 0 Å². The third-order valence-corrected chi connectivity index (χ3v) is 2.71. The third-order valence-electron chi connectivity index (χ3n) is 2.44. The lowest BCUT2D eigenvalue weighted by molar-refractivity contribution is -0.384. The van der Waals surface area contributed by atoms with Crippen LogP contribution in [0.25, 0.3) is 11.3 Å². The molecule has 94 valence electrons. The highest BCUT2D eigenvalue weighted by molar-refractivity contribution is 6.17. The number of alkyl halides is 1. The van der Waals surface area contributed by atoms with E-state index in [0.717, 1.165) is 12.0 Å². The maximum absolute atomic E-state index is 10.5. The lowest BCUT2D eigenvalue weighted by atomic mass is 10.2. The van der Waals surface area contributed by atoms with Crippen LogP contribution in [0.2, 0.25) is 0 Å². The zero-order chi connectivity index (χ0) is 13.0. The Hall–Kier alpha value is -1.88. The largest absolute Gasteiger partial charge is 0.441 e. The van der Waals surface area contributed by atoms with Gasteiger partial charge in [-0.2, -0.15) is 0 Å². The summed E-state index contributed by atoms with van der Waals surface area (Å²) in [7, 11) is 0. The van der Waals surface area contributed by atoms with Crippen molar-refractivity contribution >= 4 is 17.3 Å². The number of nitro groups is 1. The van der Waals surface area contributed by atoms with Crippen LogP contribution in [-0.4, -0.2) is 15.8 Å². The first-order chi connectivity index (χ1) is 8.70. The van der Waals surface area contributed by atoms with E-state index < -0.39 is 4.92 Å². The van der Waals surface area contributed by atoms with Crippen LogP contribution in [0.4, 0.5) is 5.69 Å². The normalized spacial score (nSPS) is 10.5. The summed E-state index contributed by atoms with van der Waals surface area (Å²) < 4.78 is 5.53. The van der Waals surface area contributed by atoms with Crippen LogP contribution in [0.1, 0.15) is 12.3 Å². The zero-order valence-corrected chi connectivity index (χ0v) is 10.3. The second-order valence-electron chi connectivity index (χ2n) is 3.71. The standard InChI is InChI=1S/C12H11ClN2O3/c13-7-1-2-12-14-8-11(18-12)9-3-5-10(6-4-9)15(16)17/h3-6,8H,1-2,7H2. The van der Waals surface area contributed by atoms with Crippen molar-refractivity contribution in [1.82, 2.24) is 4.98 Å². The first-order valence-corrected chi connectivity index (χ1v) is 5.99. The van der Waals surface area contributed by atoms with Crippen molar-refractivity contribution in [3.63, 3.8) is 0 Å². The molecule has 1 aromatic heterocycles. The van der Waals surface area contributed by atoms with Crippen molar-refractivity contribution in [3.8, 4) is 11.3 Å². The zero-order valence-electron chi connectivity index (χ0n) is 9.51. The van der Waals surface area contributed by atoms with Crippen molar-refractivity contribution in [3.05, 3.63) is 46.5 Å². The summed E-state index contributed by atoms with van der Waals surface area (Å²) in [6.45, 7) is 0. The maximum Gasteiger partial charge on any atom is 0.269 e. The Morgan fingerprint density at radius 1 is 1.33 bits per heavy atom. The molecular formula is C12H11ClN2O3. The molecule has 0 unspecified atom stereocenters. The number of rotatable bonds is 5. The summed E-state index contributed by atoms with van der Waals surface area (Å²) >= 11 is 5.59. The summed E-state index contributed by atoms with van der Waals surface area (Å²) in [6, 6.07) is 6.17. The highest BCUT2D eigenvalue weighted by Gasteiger charge is 2.09. The van der Waals surface area contributed by atoms with Gasteiger partial charge in [0, 0.05) is 30.0 Å². The number of nitrogens with zero attached hydrogens (tertiary/aromatic N) is 2. The quantitative estimate of drug-likeness (QED) is 0.472. The summed E-state index contributed by atoms with van der Waals surface area (Å²) in [5.41, 5.74) is 0.825. The molecule has 1 aromatic carbocycles. The Morgan fingerprint density at radius 2 is 2.06 bits per heavy atom. The van der Waals surface area contributed by atoms with Gasteiger partial charge in [0.15, 0.2) is 11.7 Å². The van der Waals surface area contributed by atoms with E-state index in [9.17, 15) is 10.1 Å². The summed E-state index contributed by atoms with van der Waals surface area (Å²) in [6.07, 6.45) is 3.11. The number of hydrogen-bond donors (Lipinski definition) is 0. The van der Waals surface area contributed by atoms with Crippen molar-refractivity contribution in [1.29, 1.82) is 0 Å². The highest BCUT2D eigenvalue weighted by Crippen LogP contribution is 2.23. The molecule has 6 heteroatoms. The fraction of sp³-hybridized carbons (Fsp3) is 0.250. The molecule has 0 spiro atoms. The molecule has 0 saturated carbocycles. The molecule has 1 heterocycles. The number of aryl methyl sites for hydroxylation is 1. The number of aromatic nitrogens is 1. The summed E-state index contributed by atoms with van der Waals surface area (Å²) in [4.78, 5) is 14.2. The number of nitro benzene ring substituents is 1. The SMILES string of the molecule is O=[N+]([O-])c1ccc(-c2cnc(CCCCl)o2)cc1. The lowest BCUT2D eigenvalue weighted by Gasteiger charge is -1.96. The Kier molecular flexibility index (Phi) is 3.94. The van der Waals surface area contributed by atoms with E-state index in [2.05, 4.69) is 4.98 Å². The fourth-order valence-corrected chi connectivity index (χ4v) is 1.66. The summed E-state index contributed by atoms with van der Waals surface area (Å²) in [5, 5.41) is 10.5. The Morgan fingerprint density at radius 3 is 2.67 bits per heavy atom. The van der Waals surface area contributed by atoms with Gasteiger partial charge in [-0.25, -0.2) is 4.98 Å². The van der Waals surface area contributed by atoms with Gasteiger partial charge in [0.2, 0.25) is 0 Å². The molecule has 0 aliphatic carbocycles. The van der Waals surface area contributed by atoms with E-state index in [0.29, 0.717) is 24.0 Å². The van der Waals surface area contributed by atoms with E-state index in [4.69, 9.17) is 16.0 Å². The van der Waals surface area contributed by atoms with Crippen LogP contribution >= 0.6 is 11.6 Å². The minimum absolute atomic E-state index is 0.0561. The molecule has 0 fully saturated rings. The lowest BCUT2D eigenvalue weighted by Crippen LogP contribution is -1.86. The molecule has 2 rings (SSSR count). The van der Waals surface area contributed by atoms with Gasteiger partial charge in [-0.05, 0) is 18.6 Å². The van der Waals surface area contributed by atoms with Gasteiger partial charge in [0.1, 0.15) is 0 Å². The molecule has 0 bridgehead atoms. The van der Waals surface area contributed by atoms with E-state index in [-0.39, 0.29) is 5.69 Å². The number of benzene rings is 1. The van der Waals surface area contributed by atoms with Gasteiger partial charge in [-0.1, -0.05) is 0 Å². The Balaban J connectivity index is 2.15. The van der Waals surface area contributed by atoms with Gasteiger partial charge < -0.3 is 4.42 Å². The second kappa shape index (κ2) is 5.64. The van der Waals surface area contributed by atoms with Crippen LogP contribution < -0.4 is 0 Å². The van der Waals surface area contributed by atoms with Gasteiger partial charge in [0.25, 0.3) is 5.69 Å². The highest BCUT2D eigenvalue weighted by atomic mass is 35.5. The average molecular weight is 267 g/mol. The van der Waals surface area contributed by atoms with Gasteiger partial charge in [0.05, 0.1) is 11.1 Å². The number of non-ortho nitro benzene ring substituents is 1. The molecule has 5 nitrogen and oxygen atoms in total. The fourth-order valence-electron chi connectivity index (χ4n) is 1.52. The predicted octanol–water partition coefficient (Wildman–Crippen LogP) is 3.42. The predicted molar refractivity (Wildman–Crippen MR) is 67.6 cm³/mol. The molecular weight excluding hydrogens is 256 g/mol. The van der Waals surface area contributed by atoms with Crippen LogP contribution in [0.15, 0.2) is 34.9 Å². The molecule has 0 atom stereocenters. The Bertz CT molecular complexity index is 537. The van der Waals surface area contributed by atoms with Gasteiger partial charge in [-0.15, -0.1) is 11.6 Å². The molecule has 0 aliphatic rings. The number of halogens is 1. The van der Waals surface area contributed by atoms with Crippen LogP contribution in [0.3, 0.4) is 0 Å². The molecule has 0 aliphatic heterocycles. The van der Waals surface area contributed by atoms with Crippen molar-refractivity contribution in [2.75, 3.05) is 5.88 Å². The van der Waals surface area contributed by atoms with Gasteiger partial charge in [-0.3, -0.25) is 10.1 Å². The van der Waals surface area contributed by atoms with E-state index in [1.54, 1.807) is 18.3 Å². The molecule has 0 N–H and O–H groups in total. The topological polar surface area (TPSA) is 69.2 Å². The smallest absolute Gasteiger partial charge is 0.269 e. The first-order valence-electron chi connectivity index (χ1n) is 5.46. The molecule has 0 amide bonds. The Labute approximate surface area is 109 Å². The van der Waals surface area contributed by atoms with Crippen LogP contribution in [0.5, 0.6) is 0 Å². The average Bonchev–Trinajstić information content (AvgIpc) is 2.85. The van der Waals surface area contributed by atoms with E-state index in [1.165, 1.54) is 12.1 Å². The minimum atomic E-state index is -0.434. The molecule has 0 saturated heterocycles. The second-order valence-corrected chi connectivity index (χ2v) is 4.09. The van der Waals surface area contributed by atoms with Crippen LogP contribution in [0, 0.1) is 10.1 Å². The molecule has 18 heavy (non-hydrogen) atoms. The molecule has 2 aromatic rings. The third kappa shape index (κ3) is 2.87. The van der Waals surface area contributed by atoms with Crippen molar-refractivity contribution < 1.29 is 9.34 Å². The number of oxazole rings is 1. The van der Waals surface area contributed by atoms with Crippen molar-refractivity contribution in [2.24, 2.45) is 0 Å². The van der Waals surface area contributed by atoms with E-state index in [1.807, 2.05) is 0 Å². The number of hydrogen-bond acceptors (Lipinski definition) is 4. The van der Waals surface area contributed by atoms with E-state index >= 15 is 0 Å². The maximum atomic E-state index is 10.5. The monoisotopic (exact) mass is 266 g/mol. The van der Waals surface area contributed by atoms with Crippen molar-refractivity contribution in [2.45, 2.75) is 12.8 Å². The summed E-state index contributed by atoms with van der Waals surface area (Å²) in [5.74, 6) is 1.80. The first kappa shape index (κ1) is 12.6.